The van der Waals surface area contributed by atoms with Crippen molar-refractivity contribution in [1.29, 1.82) is 5.41 Å². The third-order valence-corrected chi connectivity index (χ3v) is 3.34. The van der Waals surface area contributed by atoms with Gasteiger partial charge in [0.15, 0.2) is 0 Å². The number of hydrogen-bond donors (Lipinski definition) is 1. The van der Waals surface area contributed by atoms with E-state index in [1.165, 1.54) is 19.2 Å². The molecular weight excluding hydrogens is 311 g/mol. The molecule has 0 unspecified atom stereocenters. The van der Waals surface area contributed by atoms with Gasteiger partial charge in [0.25, 0.3) is 0 Å². The summed E-state index contributed by atoms with van der Waals surface area (Å²) in [5.41, 5.74) is 1.94. The quantitative estimate of drug-likeness (QED) is 0.502. The molecule has 24 heavy (non-hydrogen) atoms. The first kappa shape index (κ1) is 17.3. The van der Waals surface area contributed by atoms with Crippen molar-refractivity contribution >= 4 is 17.4 Å². The summed E-state index contributed by atoms with van der Waals surface area (Å²) in [5, 5.41) is 11.8. The van der Waals surface area contributed by atoms with E-state index in [9.17, 15) is 9.18 Å². The van der Waals surface area contributed by atoms with Crippen LogP contribution in [0.2, 0.25) is 0 Å². The number of esters is 1. The predicted molar refractivity (Wildman–Crippen MR) is 88.7 cm³/mol. The number of rotatable bonds is 6. The number of nitrogens with one attached hydrogen (secondary N) is 1. The molecule has 0 aromatic heterocycles. The van der Waals surface area contributed by atoms with Gasteiger partial charge < -0.3 is 9.57 Å². The highest BCUT2D eigenvalue weighted by molar-refractivity contribution is 6.42. The standard InChI is InChI=1S/C18H17FN2O3/c1-12(13-7-5-8-15(19)10-13)21-24-11-14-6-3-4-9-16(14)17(20)18(22)23-2/h3-10,20H,11H2,1-2H3/b20-17?,21-12+. The number of hydrogen-bond acceptors (Lipinski definition) is 5. The number of methoxy groups -OCH3 is 1. The molecule has 0 fully saturated rings. The van der Waals surface area contributed by atoms with Crippen molar-refractivity contribution in [3.8, 4) is 0 Å². The van der Waals surface area contributed by atoms with E-state index in [0.717, 1.165) is 0 Å². The van der Waals surface area contributed by atoms with Gasteiger partial charge in [0.2, 0.25) is 0 Å². The van der Waals surface area contributed by atoms with Gasteiger partial charge in [-0.2, -0.15) is 0 Å². The molecule has 2 rings (SSSR count). The minimum absolute atomic E-state index is 0.0716. The zero-order valence-electron chi connectivity index (χ0n) is 13.4. The van der Waals surface area contributed by atoms with Crippen molar-refractivity contribution in [3.63, 3.8) is 0 Å². The topological polar surface area (TPSA) is 71.7 Å². The molecule has 2 aromatic rings. The van der Waals surface area contributed by atoms with Crippen LogP contribution in [0.5, 0.6) is 0 Å². The summed E-state index contributed by atoms with van der Waals surface area (Å²) in [7, 11) is 1.22. The van der Waals surface area contributed by atoms with Crippen LogP contribution in [0.3, 0.4) is 0 Å². The number of carbonyl (C=O) groups is 1. The third-order valence-electron chi connectivity index (χ3n) is 3.34. The largest absolute Gasteiger partial charge is 0.464 e. The maximum Gasteiger partial charge on any atom is 0.356 e. The predicted octanol–water partition coefficient (Wildman–Crippen LogP) is 3.31. The molecule has 0 saturated carbocycles. The first-order valence-corrected chi connectivity index (χ1v) is 7.20. The average molecular weight is 328 g/mol. The van der Waals surface area contributed by atoms with Gasteiger partial charge in [-0.25, -0.2) is 9.18 Å². The molecule has 1 N–H and O–H groups in total. The van der Waals surface area contributed by atoms with Crippen LogP contribution in [0.1, 0.15) is 23.6 Å². The summed E-state index contributed by atoms with van der Waals surface area (Å²) < 4.78 is 17.8. The Balaban J connectivity index is 2.11. The van der Waals surface area contributed by atoms with Crippen molar-refractivity contribution in [3.05, 3.63) is 71.0 Å². The zero-order chi connectivity index (χ0) is 17.5. The molecule has 6 heteroatoms. The lowest BCUT2D eigenvalue weighted by Gasteiger charge is -2.09. The van der Waals surface area contributed by atoms with Crippen LogP contribution >= 0.6 is 0 Å². The van der Waals surface area contributed by atoms with Gasteiger partial charge in [0.1, 0.15) is 18.1 Å². The maximum absolute atomic E-state index is 13.2. The van der Waals surface area contributed by atoms with Crippen LogP contribution in [-0.4, -0.2) is 24.5 Å². The molecule has 0 aliphatic heterocycles. The summed E-state index contributed by atoms with van der Waals surface area (Å²) >= 11 is 0. The van der Waals surface area contributed by atoms with Crippen molar-refractivity contribution in [2.75, 3.05) is 7.11 Å². The fourth-order valence-corrected chi connectivity index (χ4v) is 2.07. The van der Waals surface area contributed by atoms with Crippen molar-refractivity contribution in [2.24, 2.45) is 5.16 Å². The molecule has 0 bridgehead atoms. The SMILES string of the molecule is COC(=O)C(=N)c1ccccc1CO/N=C(\C)c1cccc(F)c1. The summed E-state index contributed by atoms with van der Waals surface area (Å²) in [5.74, 6) is -1.07. The second-order valence-corrected chi connectivity index (χ2v) is 4.98. The molecule has 0 aliphatic carbocycles. The van der Waals surface area contributed by atoms with Crippen LogP contribution in [0.4, 0.5) is 4.39 Å². The second kappa shape index (κ2) is 8.01. The number of ether oxygens (including phenoxy) is 1. The average Bonchev–Trinajstić information content (AvgIpc) is 2.60. The van der Waals surface area contributed by atoms with Gasteiger partial charge >= 0.3 is 5.97 Å². The molecule has 2 aromatic carbocycles. The minimum Gasteiger partial charge on any atom is -0.464 e. The summed E-state index contributed by atoms with van der Waals surface area (Å²) in [4.78, 5) is 16.8. The molecular formula is C18H17FN2O3. The number of nitrogens with zero attached hydrogens (tertiary/aromatic N) is 1. The van der Waals surface area contributed by atoms with Crippen LogP contribution in [0.15, 0.2) is 53.7 Å². The fraction of sp³-hybridized carbons (Fsp3) is 0.167. The Morgan fingerprint density at radius 2 is 1.96 bits per heavy atom. The van der Waals surface area contributed by atoms with E-state index in [-0.39, 0.29) is 18.1 Å². The Kier molecular flexibility index (Phi) is 5.78. The van der Waals surface area contributed by atoms with Gasteiger partial charge in [-0.1, -0.05) is 41.6 Å². The highest BCUT2D eigenvalue weighted by Crippen LogP contribution is 2.13. The Morgan fingerprint density at radius 3 is 2.67 bits per heavy atom. The molecule has 0 radical (unpaired) electrons. The summed E-state index contributed by atoms with van der Waals surface area (Å²) in [6.45, 7) is 1.78. The van der Waals surface area contributed by atoms with Crippen molar-refractivity contribution in [1.82, 2.24) is 0 Å². The molecule has 0 amide bonds. The molecule has 0 saturated heterocycles. The first-order valence-electron chi connectivity index (χ1n) is 7.20. The van der Waals surface area contributed by atoms with Gasteiger partial charge in [0.05, 0.1) is 12.8 Å². The van der Waals surface area contributed by atoms with E-state index in [4.69, 9.17) is 10.2 Å². The third kappa shape index (κ3) is 4.25. The van der Waals surface area contributed by atoms with Crippen molar-refractivity contribution < 1.29 is 18.8 Å². The Labute approximate surface area is 139 Å². The number of carbonyl (C=O) groups excluding carboxylic acids is 1. The summed E-state index contributed by atoms with van der Waals surface area (Å²) in [6.07, 6.45) is 0. The number of oxime groups is 1. The normalized spacial score (nSPS) is 11.0. The van der Waals surface area contributed by atoms with E-state index in [1.807, 2.05) is 0 Å². The lowest BCUT2D eigenvalue weighted by atomic mass is 10.0. The lowest BCUT2D eigenvalue weighted by Crippen LogP contribution is -2.17. The van der Waals surface area contributed by atoms with E-state index < -0.39 is 5.97 Å². The van der Waals surface area contributed by atoms with Gasteiger partial charge in [-0.3, -0.25) is 5.41 Å². The van der Waals surface area contributed by atoms with Crippen LogP contribution < -0.4 is 0 Å². The van der Waals surface area contributed by atoms with Gasteiger partial charge in [0, 0.05) is 16.7 Å². The molecule has 0 heterocycles. The van der Waals surface area contributed by atoms with Crippen LogP contribution in [0, 0.1) is 11.2 Å². The molecule has 0 atom stereocenters. The molecule has 0 aliphatic rings. The van der Waals surface area contributed by atoms with Crippen molar-refractivity contribution in [2.45, 2.75) is 13.5 Å². The van der Waals surface area contributed by atoms with E-state index in [0.29, 0.717) is 22.4 Å². The Morgan fingerprint density at radius 1 is 1.21 bits per heavy atom. The van der Waals surface area contributed by atoms with E-state index >= 15 is 0 Å². The summed E-state index contributed by atoms with van der Waals surface area (Å²) in [6, 6.07) is 12.9. The molecule has 5 nitrogen and oxygen atoms in total. The smallest absolute Gasteiger partial charge is 0.356 e. The maximum atomic E-state index is 13.2. The van der Waals surface area contributed by atoms with E-state index in [2.05, 4.69) is 9.89 Å². The highest BCUT2D eigenvalue weighted by Gasteiger charge is 2.15. The van der Waals surface area contributed by atoms with E-state index in [1.54, 1.807) is 43.3 Å². The van der Waals surface area contributed by atoms with Crippen LogP contribution in [-0.2, 0) is 21.0 Å². The fourth-order valence-electron chi connectivity index (χ4n) is 2.07. The monoisotopic (exact) mass is 328 g/mol. The Hall–Kier alpha value is -3.02. The van der Waals surface area contributed by atoms with Gasteiger partial charge in [-0.05, 0) is 19.1 Å². The lowest BCUT2D eigenvalue weighted by molar-refractivity contribution is -0.132. The number of benzene rings is 2. The minimum atomic E-state index is -0.720. The Bertz CT molecular complexity index is 787. The zero-order valence-corrected chi connectivity index (χ0v) is 13.4. The van der Waals surface area contributed by atoms with Crippen LogP contribution in [0.25, 0.3) is 0 Å². The number of halogens is 1. The molecule has 0 spiro atoms. The highest BCUT2D eigenvalue weighted by atomic mass is 19.1. The second-order valence-electron chi connectivity index (χ2n) is 4.98. The first-order chi connectivity index (χ1) is 11.5. The van der Waals surface area contributed by atoms with Gasteiger partial charge in [-0.15, -0.1) is 0 Å². The molecule has 124 valence electrons.